The Hall–Kier alpha value is -1.75. The summed E-state index contributed by atoms with van der Waals surface area (Å²) in [5, 5.41) is 12.8. The van der Waals surface area contributed by atoms with Gasteiger partial charge >= 0.3 is 0 Å². The van der Waals surface area contributed by atoms with Gasteiger partial charge in [-0.2, -0.15) is 0 Å². The standard InChI is InChI=1S/C16H23NO4/c1-3-7-16(2,19)11-17-15(18)12-5-6-13-14(10-12)21-9-4-8-20-13/h5-6,10,19H,3-4,7-9,11H2,1-2H3,(H,17,18). The molecule has 0 saturated heterocycles. The molecule has 116 valence electrons. The van der Waals surface area contributed by atoms with Crippen molar-refractivity contribution >= 4 is 5.91 Å². The molecule has 2 N–H and O–H groups in total. The summed E-state index contributed by atoms with van der Waals surface area (Å²) in [6.45, 7) is 5.17. The summed E-state index contributed by atoms with van der Waals surface area (Å²) in [6.07, 6.45) is 2.34. The first-order valence-corrected chi connectivity index (χ1v) is 7.42. The Bertz CT molecular complexity index is 499. The van der Waals surface area contributed by atoms with E-state index in [2.05, 4.69) is 5.32 Å². The molecule has 0 aromatic heterocycles. The van der Waals surface area contributed by atoms with E-state index in [0.29, 0.717) is 36.7 Å². The SMILES string of the molecule is CCCC(C)(O)CNC(=O)c1ccc2c(c1)OCCCO2. The van der Waals surface area contributed by atoms with Crippen LogP contribution in [0.15, 0.2) is 18.2 Å². The Kier molecular flexibility index (Phi) is 5.07. The van der Waals surface area contributed by atoms with Crippen molar-refractivity contribution in [1.82, 2.24) is 5.32 Å². The van der Waals surface area contributed by atoms with Crippen LogP contribution in [-0.2, 0) is 0 Å². The number of aliphatic hydroxyl groups is 1. The number of hydrogen-bond acceptors (Lipinski definition) is 4. The van der Waals surface area contributed by atoms with Gasteiger partial charge < -0.3 is 19.9 Å². The van der Waals surface area contributed by atoms with Crippen LogP contribution in [0.5, 0.6) is 11.5 Å². The number of fused-ring (bicyclic) bond motifs is 1. The molecule has 0 aliphatic carbocycles. The van der Waals surface area contributed by atoms with Crippen LogP contribution in [0.25, 0.3) is 0 Å². The van der Waals surface area contributed by atoms with Crippen LogP contribution in [0.4, 0.5) is 0 Å². The maximum atomic E-state index is 12.1. The smallest absolute Gasteiger partial charge is 0.251 e. The second kappa shape index (κ2) is 6.80. The van der Waals surface area contributed by atoms with Gasteiger partial charge in [-0.1, -0.05) is 13.3 Å². The molecule has 1 heterocycles. The zero-order valence-electron chi connectivity index (χ0n) is 12.6. The van der Waals surface area contributed by atoms with Gasteiger partial charge in [-0.3, -0.25) is 4.79 Å². The molecule has 0 spiro atoms. The highest BCUT2D eigenvalue weighted by Crippen LogP contribution is 2.30. The summed E-state index contributed by atoms with van der Waals surface area (Å²) in [4.78, 5) is 12.1. The third kappa shape index (κ3) is 4.36. The van der Waals surface area contributed by atoms with Gasteiger partial charge in [-0.05, 0) is 31.5 Å². The van der Waals surface area contributed by atoms with Crippen LogP contribution in [0.2, 0.25) is 0 Å². The first kappa shape index (κ1) is 15.6. The Morgan fingerprint density at radius 3 is 2.76 bits per heavy atom. The van der Waals surface area contributed by atoms with Crippen molar-refractivity contribution in [1.29, 1.82) is 0 Å². The highest BCUT2D eigenvalue weighted by molar-refractivity contribution is 5.94. The topological polar surface area (TPSA) is 67.8 Å². The van der Waals surface area contributed by atoms with E-state index in [0.717, 1.165) is 12.8 Å². The molecule has 0 saturated carbocycles. The molecule has 1 aromatic rings. The molecule has 1 amide bonds. The van der Waals surface area contributed by atoms with E-state index in [1.165, 1.54) is 0 Å². The predicted octanol–water partition coefficient (Wildman–Crippen LogP) is 2.13. The fourth-order valence-electron chi connectivity index (χ4n) is 2.30. The van der Waals surface area contributed by atoms with Crippen molar-refractivity contribution in [2.45, 2.75) is 38.7 Å². The fraction of sp³-hybridized carbons (Fsp3) is 0.562. The number of carbonyl (C=O) groups is 1. The lowest BCUT2D eigenvalue weighted by Crippen LogP contribution is -2.40. The molecule has 21 heavy (non-hydrogen) atoms. The monoisotopic (exact) mass is 293 g/mol. The largest absolute Gasteiger partial charge is 0.490 e. The van der Waals surface area contributed by atoms with Gasteiger partial charge in [0.2, 0.25) is 0 Å². The van der Waals surface area contributed by atoms with Crippen LogP contribution in [0.1, 0.15) is 43.5 Å². The summed E-state index contributed by atoms with van der Waals surface area (Å²) in [6, 6.07) is 5.14. The molecule has 1 unspecified atom stereocenters. The van der Waals surface area contributed by atoms with E-state index in [4.69, 9.17) is 9.47 Å². The average molecular weight is 293 g/mol. The van der Waals surface area contributed by atoms with Gasteiger partial charge in [0.05, 0.1) is 18.8 Å². The number of nitrogens with one attached hydrogen (secondary N) is 1. The number of carbonyl (C=O) groups excluding carboxylic acids is 1. The fourth-order valence-corrected chi connectivity index (χ4v) is 2.30. The van der Waals surface area contributed by atoms with Crippen molar-refractivity contribution in [3.8, 4) is 11.5 Å². The second-order valence-corrected chi connectivity index (χ2v) is 5.64. The van der Waals surface area contributed by atoms with E-state index in [1.54, 1.807) is 25.1 Å². The molecule has 5 nitrogen and oxygen atoms in total. The van der Waals surface area contributed by atoms with Crippen molar-refractivity contribution in [2.75, 3.05) is 19.8 Å². The molecule has 0 radical (unpaired) electrons. The van der Waals surface area contributed by atoms with E-state index >= 15 is 0 Å². The molecule has 1 aromatic carbocycles. The highest BCUT2D eigenvalue weighted by Gasteiger charge is 2.21. The first-order chi connectivity index (χ1) is 10.0. The summed E-state index contributed by atoms with van der Waals surface area (Å²) >= 11 is 0. The Labute approximate surface area is 125 Å². The van der Waals surface area contributed by atoms with Crippen LogP contribution in [0.3, 0.4) is 0 Å². The van der Waals surface area contributed by atoms with Crippen LogP contribution < -0.4 is 14.8 Å². The first-order valence-electron chi connectivity index (χ1n) is 7.42. The molecule has 1 aliphatic heterocycles. The Balaban J connectivity index is 2.01. The summed E-state index contributed by atoms with van der Waals surface area (Å²) < 4.78 is 11.1. The second-order valence-electron chi connectivity index (χ2n) is 5.64. The van der Waals surface area contributed by atoms with E-state index in [-0.39, 0.29) is 12.5 Å². The lowest BCUT2D eigenvalue weighted by atomic mass is 10.0. The minimum absolute atomic E-state index is 0.220. The minimum Gasteiger partial charge on any atom is -0.490 e. The van der Waals surface area contributed by atoms with Gasteiger partial charge in [-0.25, -0.2) is 0 Å². The molecule has 1 aliphatic rings. The number of benzene rings is 1. The number of hydrogen-bond donors (Lipinski definition) is 2. The molecule has 2 rings (SSSR count). The summed E-state index contributed by atoms with van der Waals surface area (Å²) in [5.74, 6) is 1.05. The van der Waals surface area contributed by atoms with Gasteiger partial charge in [-0.15, -0.1) is 0 Å². The molecular formula is C16H23NO4. The predicted molar refractivity (Wildman–Crippen MR) is 79.9 cm³/mol. The molecular weight excluding hydrogens is 270 g/mol. The Morgan fingerprint density at radius 2 is 2.05 bits per heavy atom. The normalized spacial score (nSPS) is 16.7. The summed E-state index contributed by atoms with van der Waals surface area (Å²) in [5.41, 5.74) is -0.373. The van der Waals surface area contributed by atoms with Crippen LogP contribution >= 0.6 is 0 Å². The maximum absolute atomic E-state index is 12.1. The lowest BCUT2D eigenvalue weighted by molar-refractivity contribution is 0.0469. The third-order valence-electron chi connectivity index (χ3n) is 3.43. The maximum Gasteiger partial charge on any atom is 0.251 e. The lowest BCUT2D eigenvalue weighted by Gasteiger charge is -2.23. The van der Waals surface area contributed by atoms with Gasteiger partial charge in [0.25, 0.3) is 5.91 Å². The molecule has 0 bridgehead atoms. The van der Waals surface area contributed by atoms with Crippen molar-refractivity contribution in [3.63, 3.8) is 0 Å². The van der Waals surface area contributed by atoms with E-state index in [9.17, 15) is 9.90 Å². The Morgan fingerprint density at radius 1 is 1.33 bits per heavy atom. The van der Waals surface area contributed by atoms with Gasteiger partial charge in [0.15, 0.2) is 11.5 Å². The average Bonchev–Trinajstić information content (AvgIpc) is 2.69. The van der Waals surface area contributed by atoms with E-state index < -0.39 is 5.60 Å². The molecule has 5 heteroatoms. The minimum atomic E-state index is -0.879. The van der Waals surface area contributed by atoms with Gasteiger partial charge in [0.1, 0.15) is 0 Å². The van der Waals surface area contributed by atoms with E-state index in [1.807, 2.05) is 6.92 Å². The van der Waals surface area contributed by atoms with Crippen LogP contribution in [0, 0.1) is 0 Å². The number of ether oxygens (including phenoxy) is 2. The third-order valence-corrected chi connectivity index (χ3v) is 3.43. The molecule has 0 fully saturated rings. The zero-order valence-corrected chi connectivity index (χ0v) is 12.6. The highest BCUT2D eigenvalue weighted by atomic mass is 16.5. The number of rotatable bonds is 5. The summed E-state index contributed by atoms with van der Waals surface area (Å²) in [7, 11) is 0. The molecule has 1 atom stereocenters. The van der Waals surface area contributed by atoms with Crippen molar-refractivity contribution in [3.05, 3.63) is 23.8 Å². The van der Waals surface area contributed by atoms with Crippen molar-refractivity contribution < 1.29 is 19.4 Å². The zero-order chi connectivity index (χ0) is 15.3. The quantitative estimate of drug-likeness (QED) is 0.872. The van der Waals surface area contributed by atoms with Crippen molar-refractivity contribution in [2.24, 2.45) is 0 Å². The number of amides is 1. The van der Waals surface area contributed by atoms with Crippen LogP contribution in [-0.4, -0.2) is 36.4 Å². The van der Waals surface area contributed by atoms with Gasteiger partial charge in [0, 0.05) is 18.5 Å².